The summed E-state index contributed by atoms with van der Waals surface area (Å²) in [6.07, 6.45) is 5.43. The van der Waals surface area contributed by atoms with Crippen molar-refractivity contribution < 1.29 is 4.92 Å². The van der Waals surface area contributed by atoms with Crippen molar-refractivity contribution in [3.8, 4) is 0 Å². The Hall–Kier alpha value is -1.75. The molecule has 5 heteroatoms. The summed E-state index contributed by atoms with van der Waals surface area (Å²) in [7, 11) is -1.54. The minimum absolute atomic E-state index is 0.238. The van der Waals surface area contributed by atoms with E-state index in [1.165, 1.54) is 5.56 Å². The largest absolute Gasteiger partial charge is 0.338 e. The third kappa shape index (κ3) is 1.54. The third-order valence-electron chi connectivity index (χ3n) is 3.06. The number of allylic oxidation sites excluding steroid dienone is 2. The summed E-state index contributed by atoms with van der Waals surface area (Å²) >= 11 is 0. The van der Waals surface area contributed by atoms with Crippen LogP contribution >= 0.6 is 10.2 Å². The van der Waals surface area contributed by atoms with Gasteiger partial charge >= 0.3 is 5.03 Å². The van der Waals surface area contributed by atoms with Crippen molar-refractivity contribution in [1.82, 2.24) is 0 Å². The van der Waals surface area contributed by atoms with E-state index in [0.29, 0.717) is 5.03 Å². The molecular weight excluding hydrogens is 236 g/mol. The third-order valence-corrected chi connectivity index (χ3v) is 6.32. The summed E-state index contributed by atoms with van der Waals surface area (Å²) in [6, 6.07) is 7.97. The van der Waals surface area contributed by atoms with E-state index in [0.717, 1.165) is 17.2 Å². The number of nitrogens with one attached hydrogen (secondary N) is 1. The standard InChI is InChI=1S/C12H12N2O2S/c15-14(16)12-7-3-4-8-17(12)9-10-5-1-2-6-11(10)13-17/h1-7,13H,8-9H2. The summed E-state index contributed by atoms with van der Waals surface area (Å²) in [6.45, 7) is 0. The van der Waals surface area contributed by atoms with Gasteiger partial charge in [0.05, 0.1) is 4.92 Å². The predicted octanol–water partition coefficient (Wildman–Crippen LogP) is 3.02. The van der Waals surface area contributed by atoms with Crippen molar-refractivity contribution >= 4 is 15.9 Å². The zero-order chi connectivity index (χ0) is 11.9. The Morgan fingerprint density at radius 2 is 2.18 bits per heavy atom. The van der Waals surface area contributed by atoms with Crippen LogP contribution in [0.25, 0.3) is 0 Å². The Kier molecular flexibility index (Phi) is 2.22. The second kappa shape index (κ2) is 3.63. The van der Waals surface area contributed by atoms with Crippen LogP contribution in [0.1, 0.15) is 5.56 Å². The van der Waals surface area contributed by atoms with Gasteiger partial charge in [0.2, 0.25) is 0 Å². The summed E-state index contributed by atoms with van der Waals surface area (Å²) in [4.78, 5) is 10.9. The van der Waals surface area contributed by atoms with E-state index in [9.17, 15) is 10.1 Å². The Morgan fingerprint density at radius 3 is 2.94 bits per heavy atom. The maximum absolute atomic E-state index is 11.2. The quantitative estimate of drug-likeness (QED) is 0.614. The fourth-order valence-electron chi connectivity index (χ4n) is 2.27. The fraction of sp³-hybridized carbons (Fsp3) is 0.167. The minimum Gasteiger partial charge on any atom is -0.338 e. The van der Waals surface area contributed by atoms with Gasteiger partial charge in [0.15, 0.2) is 0 Å². The van der Waals surface area contributed by atoms with E-state index in [1.54, 1.807) is 12.2 Å². The molecule has 0 bridgehead atoms. The zero-order valence-corrected chi connectivity index (χ0v) is 9.94. The summed E-state index contributed by atoms with van der Waals surface area (Å²) in [5.41, 5.74) is 2.23. The highest BCUT2D eigenvalue weighted by molar-refractivity contribution is 8.37. The van der Waals surface area contributed by atoms with E-state index in [4.69, 9.17) is 0 Å². The van der Waals surface area contributed by atoms with Crippen LogP contribution in [0.5, 0.6) is 0 Å². The van der Waals surface area contributed by atoms with Gasteiger partial charge in [-0.15, -0.1) is 0 Å². The van der Waals surface area contributed by atoms with Gasteiger partial charge in [-0.3, -0.25) is 10.1 Å². The highest BCUT2D eigenvalue weighted by Crippen LogP contribution is 2.63. The monoisotopic (exact) mass is 248 g/mol. The van der Waals surface area contributed by atoms with E-state index < -0.39 is 10.2 Å². The molecule has 1 aromatic rings. The maximum Gasteiger partial charge on any atom is 0.302 e. The molecule has 88 valence electrons. The molecule has 3 rings (SSSR count). The first-order valence-corrected chi connectivity index (χ1v) is 7.34. The van der Waals surface area contributed by atoms with Crippen LogP contribution in [0.3, 0.4) is 0 Å². The van der Waals surface area contributed by atoms with Crippen molar-refractivity contribution in [2.24, 2.45) is 0 Å². The van der Waals surface area contributed by atoms with Gasteiger partial charge in [-0.25, -0.2) is 0 Å². The smallest absolute Gasteiger partial charge is 0.302 e. The number of benzene rings is 1. The molecule has 1 unspecified atom stereocenters. The number of para-hydroxylation sites is 1. The Labute approximate surface area is 101 Å². The molecule has 0 saturated heterocycles. The van der Waals surface area contributed by atoms with Gasteiger partial charge in [-0.2, -0.15) is 0 Å². The molecule has 0 aliphatic carbocycles. The van der Waals surface area contributed by atoms with E-state index >= 15 is 0 Å². The van der Waals surface area contributed by atoms with Gasteiger partial charge < -0.3 is 4.72 Å². The van der Waals surface area contributed by atoms with Crippen LogP contribution in [-0.4, -0.2) is 10.7 Å². The highest BCUT2D eigenvalue weighted by Gasteiger charge is 2.42. The van der Waals surface area contributed by atoms with E-state index in [2.05, 4.69) is 4.72 Å². The van der Waals surface area contributed by atoms with Gasteiger partial charge in [0.1, 0.15) is 0 Å². The molecule has 1 N–H and O–H groups in total. The molecule has 0 amide bonds. The molecule has 0 saturated carbocycles. The second-order valence-electron chi connectivity index (χ2n) is 4.14. The SMILES string of the molecule is O=[N+]([O-])C1=CC=CCS12Cc1ccccc1N2. The molecule has 1 spiro atoms. The molecule has 0 aromatic heterocycles. The number of nitrogens with zero attached hydrogens (tertiary/aromatic N) is 1. The Morgan fingerprint density at radius 1 is 1.35 bits per heavy atom. The Balaban J connectivity index is 2.03. The van der Waals surface area contributed by atoms with E-state index in [1.807, 2.05) is 30.3 Å². The molecule has 2 heterocycles. The first-order chi connectivity index (χ1) is 8.21. The Bertz CT molecular complexity index is 526. The molecule has 1 atom stereocenters. The fourth-order valence-corrected chi connectivity index (χ4v) is 5.44. The van der Waals surface area contributed by atoms with Gasteiger partial charge in [0.25, 0.3) is 0 Å². The predicted molar refractivity (Wildman–Crippen MR) is 70.4 cm³/mol. The van der Waals surface area contributed by atoms with Gasteiger partial charge in [-0.1, -0.05) is 40.6 Å². The summed E-state index contributed by atoms with van der Waals surface area (Å²) < 4.78 is 3.40. The molecule has 2 aliphatic rings. The number of anilines is 1. The number of hydrogen-bond donors (Lipinski definition) is 1. The highest BCUT2D eigenvalue weighted by atomic mass is 32.3. The van der Waals surface area contributed by atoms with Crippen LogP contribution in [0.4, 0.5) is 5.69 Å². The van der Waals surface area contributed by atoms with Crippen molar-refractivity contribution in [3.05, 3.63) is 63.2 Å². The van der Waals surface area contributed by atoms with Crippen LogP contribution in [-0.2, 0) is 5.75 Å². The van der Waals surface area contributed by atoms with Crippen molar-refractivity contribution in [1.29, 1.82) is 0 Å². The molecule has 0 fully saturated rings. The average Bonchev–Trinajstić information content (AvgIpc) is 2.67. The first-order valence-electron chi connectivity index (χ1n) is 5.37. The number of hydrogen-bond acceptors (Lipinski definition) is 3. The summed E-state index contributed by atoms with van der Waals surface area (Å²) in [5, 5.41) is 11.5. The molecule has 4 nitrogen and oxygen atoms in total. The lowest BCUT2D eigenvalue weighted by Crippen LogP contribution is -2.19. The molecular formula is C12H12N2O2S. The summed E-state index contributed by atoms with van der Waals surface area (Å²) in [5.74, 6) is 1.51. The second-order valence-corrected chi connectivity index (χ2v) is 7.16. The van der Waals surface area contributed by atoms with Crippen LogP contribution in [0.15, 0.2) is 47.5 Å². The zero-order valence-electron chi connectivity index (χ0n) is 9.13. The lowest BCUT2D eigenvalue weighted by atomic mass is 10.2. The molecule has 0 radical (unpaired) electrons. The van der Waals surface area contributed by atoms with Crippen LogP contribution < -0.4 is 4.72 Å². The van der Waals surface area contributed by atoms with E-state index in [-0.39, 0.29) is 4.92 Å². The number of fused-ring (bicyclic) bond motifs is 1. The lowest BCUT2D eigenvalue weighted by molar-refractivity contribution is -0.411. The average molecular weight is 248 g/mol. The molecule has 1 aromatic carbocycles. The van der Waals surface area contributed by atoms with Crippen LogP contribution in [0, 0.1) is 10.1 Å². The maximum atomic E-state index is 11.2. The molecule has 2 aliphatic heterocycles. The van der Waals surface area contributed by atoms with Crippen molar-refractivity contribution in [3.63, 3.8) is 0 Å². The van der Waals surface area contributed by atoms with Gasteiger partial charge in [0, 0.05) is 23.3 Å². The number of nitro groups is 1. The molecule has 17 heavy (non-hydrogen) atoms. The normalized spacial score (nSPS) is 29.1. The minimum atomic E-state index is -1.54. The lowest BCUT2D eigenvalue weighted by Gasteiger charge is -2.33. The van der Waals surface area contributed by atoms with Crippen LogP contribution in [0.2, 0.25) is 0 Å². The van der Waals surface area contributed by atoms with Crippen molar-refractivity contribution in [2.75, 3.05) is 10.5 Å². The topological polar surface area (TPSA) is 55.2 Å². The van der Waals surface area contributed by atoms with Crippen molar-refractivity contribution in [2.45, 2.75) is 5.75 Å². The number of rotatable bonds is 1. The van der Waals surface area contributed by atoms with Gasteiger partial charge in [-0.05, 0) is 11.6 Å². The first kappa shape index (κ1) is 10.4.